The van der Waals surface area contributed by atoms with Crippen LogP contribution in [-0.4, -0.2) is 33.3 Å². The van der Waals surface area contributed by atoms with Crippen molar-refractivity contribution in [2.45, 2.75) is 63.5 Å². The SMILES string of the molecule is CC(C)c1ccc2c(c1)[C@]1(CCO2)C[C@H]1C(=O)N[C@H]1CCc2ncnn2C1. The molecule has 0 unspecified atom stereocenters. The molecule has 3 aliphatic rings. The van der Waals surface area contributed by atoms with Gasteiger partial charge in [-0.3, -0.25) is 4.79 Å². The van der Waals surface area contributed by atoms with Gasteiger partial charge in [-0.15, -0.1) is 0 Å². The lowest BCUT2D eigenvalue weighted by Gasteiger charge is -2.29. The van der Waals surface area contributed by atoms with Crippen molar-refractivity contribution in [3.63, 3.8) is 0 Å². The van der Waals surface area contributed by atoms with Crippen molar-refractivity contribution in [3.05, 3.63) is 41.5 Å². The Bertz CT molecular complexity index is 890. The van der Waals surface area contributed by atoms with Gasteiger partial charge in [0.05, 0.1) is 13.2 Å². The van der Waals surface area contributed by atoms with Gasteiger partial charge in [0.2, 0.25) is 5.91 Å². The summed E-state index contributed by atoms with van der Waals surface area (Å²) >= 11 is 0. The van der Waals surface area contributed by atoms with E-state index in [4.69, 9.17) is 4.74 Å². The molecule has 3 heterocycles. The number of carbonyl (C=O) groups is 1. The third kappa shape index (κ3) is 2.73. The number of aromatic nitrogens is 3. The second-order valence-corrected chi connectivity index (χ2v) is 8.52. The van der Waals surface area contributed by atoms with E-state index in [0.717, 1.165) is 43.8 Å². The van der Waals surface area contributed by atoms with Gasteiger partial charge in [0.15, 0.2) is 0 Å². The van der Waals surface area contributed by atoms with E-state index in [2.05, 4.69) is 47.4 Å². The zero-order chi connectivity index (χ0) is 18.6. The summed E-state index contributed by atoms with van der Waals surface area (Å²) in [5.74, 6) is 2.69. The molecular weight excluding hydrogens is 340 g/mol. The van der Waals surface area contributed by atoms with Crippen LogP contribution in [0, 0.1) is 5.92 Å². The highest BCUT2D eigenvalue weighted by atomic mass is 16.5. The molecule has 1 spiro atoms. The molecule has 3 atom stereocenters. The van der Waals surface area contributed by atoms with Crippen LogP contribution < -0.4 is 10.1 Å². The standard InChI is InChI=1S/C21H26N4O2/c1-13(2)14-3-5-18-16(9-14)21(7-8-27-18)10-17(21)20(26)24-15-4-6-19-22-12-23-25(19)11-15/h3,5,9,12-13,15,17H,4,6-8,10-11H2,1-2H3,(H,24,26)/t15-,17-,21-/m0/s1. The molecule has 1 N–H and O–H groups in total. The maximum atomic E-state index is 13.0. The van der Waals surface area contributed by atoms with Gasteiger partial charge in [-0.05, 0) is 36.8 Å². The number of hydrogen-bond donors (Lipinski definition) is 1. The van der Waals surface area contributed by atoms with Gasteiger partial charge in [-0.2, -0.15) is 5.10 Å². The van der Waals surface area contributed by atoms with Crippen molar-refractivity contribution in [3.8, 4) is 5.75 Å². The summed E-state index contributed by atoms with van der Waals surface area (Å²) in [6.45, 7) is 5.83. The van der Waals surface area contributed by atoms with Crippen molar-refractivity contribution in [2.24, 2.45) is 5.92 Å². The summed E-state index contributed by atoms with van der Waals surface area (Å²) in [6, 6.07) is 6.66. The largest absolute Gasteiger partial charge is 0.493 e. The number of hydrogen-bond acceptors (Lipinski definition) is 4. The Hall–Kier alpha value is -2.37. The number of amides is 1. The first-order chi connectivity index (χ1) is 13.1. The van der Waals surface area contributed by atoms with Crippen LogP contribution in [0.15, 0.2) is 24.5 Å². The normalized spacial score (nSPS) is 28.4. The molecule has 1 aromatic carbocycles. The first-order valence-electron chi connectivity index (χ1n) is 10.0. The zero-order valence-corrected chi connectivity index (χ0v) is 15.9. The zero-order valence-electron chi connectivity index (χ0n) is 15.9. The summed E-state index contributed by atoms with van der Waals surface area (Å²) in [6.07, 6.45) is 5.26. The quantitative estimate of drug-likeness (QED) is 0.906. The summed E-state index contributed by atoms with van der Waals surface area (Å²) in [4.78, 5) is 17.3. The molecule has 1 aromatic heterocycles. The van der Waals surface area contributed by atoms with Crippen LogP contribution in [0.3, 0.4) is 0 Å². The van der Waals surface area contributed by atoms with Gasteiger partial charge in [-0.25, -0.2) is 9.67 Å². The molecule has 6 nitrogen and oxygen atoms in total. The summed E-state index contributed by atoms with van der Waals surface area (Å²) in [5.41, 5.74) is 2.52. The van der Waals surface area contributed by atoms with E-state index < -0.39 is 0 Å². The minimum Gasteiger partial charge on any atom is -0.493 e. The van der Waals surface area contributed by atoms with Gasteiger partial charge in [0, 0.05) is 29.4 Å². The van der Waals surface area contributed by atoms with Crippen LogP contribution in [0.5, 0.6) is 5.75 Å². The monoisotopic (exact) mass is 366 g/mol. The highest BCUT2D eigenvalue weighted by molar-refractivity contribution is 5.85. The third-order valence-corrected chi connectivity index (χ3v) is 6.56. The first-order valence-corrected chi connectivity index (χ1v) is 10.0. The molecule has 142 valence electrons. The number of carbonyl (C=O) groups excluding carboxylic acids is 1. The molecule has 1 fully saturated rings. The van der Waals surface area contributed by atoms with Crippen LogP contribution >= 0.6 is 0 Å². The van der Waals surface area contributed by atoms with E-state index in [0.29, 0.717) is 12.5 Å². The lowest BCUT2D eigenvalue weighted by molar-refractivity contribution is -0.123. The maximum Gasteiger partial charge on any atom is 0.224 e. The summed E-state index contributed by atoms with van der Waals surface area (Å²) in [7, 11) is 0. The van der Waals surface area contributed by atoms with Crippen molar-refractivity contribution < 1.29 is 9.53 Å². The number of benzene rings is 1. The predicted molar refractivity (Wildman–Crippen MR) is 101 cm³/mol. The topological polar surface area (TPSA) is 69.0 Å². The Balaban J connectivity index is 1.33. The second kappa shape index (κ2) is 6.08. The Morgan fingerprint density at radius 2 is 2.30 bits per heavy atom. The Kier molecular flexibility index (Phi) is 3.78. The van der Waals surface area contributed by atoms with Crippen LogP contribution in [-0.2, 0) is 23.2 Å². The summed E-state index contributed by atoms with van der Waals surface area (Å²) in [5, 5.41) is 7.53. The van der Waals surface area contributed by atoms with Crippen molar-refractivity contribution in [1.82, 2.24) is 20.1 Å². The van der Waals surface area contributed by atoms with E-state index in [9.17, 15) is 4.79 Å². The van der Waals surface area contributed by atoms with Crippen LogP contribution in [0.25, 0.3) is 0 Å². The maximum absolute atomic E-state index is 13.0. The molecular formula is C21H26N4O2. The minimum absolute atomic E-state index is 0.0321. The fourth-order valence-corrected chi connectivity index (χ4v) is 4.78. The van der Waals surface area contributed by atoms with E-state index in [1.165, 1.54) is 11.1 Å². The average molecular weight is 366 g/mol. The number of fused-ring (bicyclic) bond motifs is 3. The van der Waals surface area contributed by atoms with Gasteiger partial charge in [0.1, 0.15) is 17.9 Å². The summed E-state index contributed by atoms with van der Waals surface area (Å²) < 4.78 is 7.80. The Labute approximate surface area is 159 Å². The molecule has 2 aliphatic heterocycles. The lowest BCUT2D eigenvalue weighted by atomic mass is 9.85. The number of aryl methyl sites for hydroxylation is 1. The van der Waals surface area contributed by atoms with E-state index in [1.54, 1.807) is 6.33 Å². The number of nitrogens with zero attached hydrogens (tertiary/aromatic N) is 3. The van der Waals surface area contributed by atoms with Crippen LogP contribution in [0.1, 0.15) is 56.0 Å². The molecule has 27 heavy (non-hydrogen) atoms. The fraction of sp³-hybridized carbons (Fsp3) is 0.571. The molecule has 1 amide bonds. The minimum atomic E-state index is -0.0321. The lowest BCUT2D eigenvalue weighted by Crippen LogP contribution is -2.43. The van der Waals surface area contributed by atoms with E-state index in [-0.39, 0.29) is 23.3 Å². The van der Waals surface area contributed by atoms with E-state index in [1.807, 2.05) is 4.68 Å². The fourth-order valence-electron chi connectivity index (χ4n) is 4.78. The first kappa shape index (κ1) is 16.8. The number of nitrogens with one attached hydrogen (secondary N) is 1. The molecule has 6 heteroatoms. The van der Waals surface area contributed by atoms with Gasteiger partial charge < -0.3 is 10.1 Å². The molecule has 2 aromatic rings. The van der Waals surface area contributed by atoms with Crippen molar-refractivity contribution >= 4 is 5.91 Å². The smallest absolute Gasteiger partial charge is 0.224 e. The van der Waals surface area contributed by atoms with Gasteiger partial charge >= 0.3 is 0 Å². The number of rotatable bonds is 3. The van der Waals surface area contributed by atoms with Crippen LogP contribution in [0.4, 0.5) is 0 Å². The molecule has 5 rings (SSSR count). The Morgan fingerprint density at radius 3 is 3.15 bits per heavy atom. The van der Waals surface area contributed by atoms with Crippen LogP contribution in [0.2, 0.25) is 0 Å². The molecule has 0 saturated heterocycles. The van der Waals surface area contributed by atoms with Gasteiger partial charge in [0.25, 0.3) is 0 Å². The molecule has 0 radical (unpaired) electrons. The highest BCUT2D eigenvalue weighted by Crippen LogP contribution is 2.61. The molecule has 1 aliphatic carbocycles. The number of ether oxygens (including phenoxy) is 1. The highest BCUT2D eigenvalue weighted by Gasteiger charge is 2.61. The van der Waals surface area contributed by atoms with Crippen molar-refractivity contribution in [2.75, 3.05) is 6.61 Å². The third-order valence-electron chi connectivity index (χ3n) is 6.56. The molecule has 1 saturated carbocycles. The van der Waals surface area contributed by atoms with E-state index >= 15 is 0 Å². The second-order valence-electron chi connectivity index (χ2n) is 8.52. The van der Waals surface area contributed by atoms with Crippen molar-refractivity contribution in [1.29, 1.82) is 0 Å². The van der Waals surface area contributed by atoms with Gasteiger partial charge in [-0.1, -0.05) is 26.0 Å². The Morgan fingerprint density at radius 1 is 1.41 bits per heavy atom. The predicted octanol–water partition coefficient (Wildman–Crippen LogP) is 2.57. The molecule has 0 bridgehead atoms. The average Bonchev–Trinajstić information content (AvgIpc) is 3.18.